The maximum Gasteiger partial charge on any atom is 0.184 e. The number of aromatic nitrogens is 4. The molecule has 0 aromatic carbocycles. The first-order valence-electron chi connectivity index (χ1n) is 9.49. The van der Waals surface area contributed by atoms with Gasteiger partial charge in [-0.15, -0.1) is 11.3 Å². The summed E-state index contributed by atoms with van der Waals surface area (Å²) in [6.45, 7) is 0.845. The van der Waals surface area contributed by atoms with Crippen molar-refractivity contribution in [1.82, 2.24) is 19.9 Å². The summed E-state index contributed by atoms with van der Waals surface area (Å²) in [5, 5.41) is 1.16. The van der Waals surface area contributed by atoms with E-state index < -0.39 is 0 Å². The third-order valence-corrected chi connectivity index (χ3v) is 8.45. The largest absolute Gasteiger partial charge is 0.382 e. The Bertz CT molecular complexity index is 1070. The average molecular weight is 480 g/mol. The number of nitrogens with zero attached hydrogens (tertiary/aromatic N) is 5. The van der Waals surface area contributed by atoms with Gasteiger partial charge in [-0.2, -0.15) is 0 Å². The molecule has 3 aromatic rings. The molecule has 0 saturated carbocycles. The van der Waals surface area contributed by atoms with Crippen molar-refractivity contribution in [3.8, 4) is 0 Å². The highest BCUT2D eigenvalue weighted by Crippen LogP contribution is 2.48. The van der Waals surface area contributed by atoms with Gasteiger partial charge < -0.3 is 16.4 Å². The molecule has 1 saturated heterocycles. The van der Waals surface area contributed by atoms with Gasteiger partial charge in [0.1, 0.15) is 16.7 Å². The van der Waals surface area contributed by atoms with E-state index in [1.165, 1.54) is 16.6 Å². The lowest BCUT2D eigenvalue weighted by molar-refractivity contribution is 0.198. The van der Waals surface area contributed by atoms with E-state index in [2.05, 4.69) is 24.8 Å². The van der Waals surface area contributed by atoms with Crippen LogP contribution in [0.25, 0.3) is 0 Å². The maximum atomic E-state index is 6.57. The Morgan fingerprint density at radius 2 is 2.07 bits per heavy atom. The van der Waals surface area contributed by atoms with Crippen molar-refractivity contribution in [3.05, 3.63) is 44.7 Å². The number of hydrogen-bond acceptors (Lipinski definition) is 9. The summed E-state index contributed by atoms with van der Waals surface area (Å²) in [7, 11) is 0. The van der Waals surface area contributed by atoms with Crippen LogP contribution >= 0.6 is 46.3 Å². The van der Waals surface area contributed by atoms with Crippen LogP contribution in [0.1, 0.15) is 23.4 Å². The van der Waals surface area contributed by atoms with E-state index in [1.807, 2.05) is 0 Å². The quantitative estimate of drug-likeness (QED) is 0.579. The van der Waals surface area contributed by atoms with Gasteiger partial charge in [-0.05, 0) is 37.2 Å². The number of halogens is 2. The summed E-state index contributed by atoms with van der Waals surface area (Å²) in [5.41, 5.74) is 13.7. The first-order chi connectivity index (χ1) is 14.4. The highest BCUT2D eigenvalue weighted by atomic mass is 35.5. The Morgan fingerprint density at radius 3 is 2.80 bits per heavy atom. The number of pyridine rings is 1. The molecule has 0 amide bonds. The molecule has 0 bridgehead atoms. The highest BCUT2D eigenvalue weighted by molar-refractivity contribution is 7.99. The van der Waals surface area contributed by atoms with Gasteiger partial charge in [0.2, 0.25) is 0 Å². The zero-order valence-electron chi connectivity index (χ0n) is 15.9. The summed E-state index contributed by atoms with van der Waals surface area (Å²) in [6.07, 6.45) is 8.96. The molecule has 3 aromatic heterocycles. The van der Waals surface area contributed by atoms with Gasteiger partial charge in [0, 0.05) is 22.5 Å². The van der Waals surface area contributed by atoms with E-state index in [9.17, 15) is 0 Å². The standard InChI is InChI=1S/C19H19Cl2N7S2/c20-16-11(1-3-24-17(16)23)29-15-9-25-14(8-26-15)28-4-2-19(7-13(28)22)5-10-12(6-19)30-18(21)27-10/h1,3,8-9,13H,2,4-7,22H2,(H2,23,24)/t13-,19?/m0/s1. The summed E-state index contributed by atoms with van der Waals surface area (Å²) >= 11 is 15.3. The third kappa shape index (κ3) is 3.73. The van der Waals surface area contributed by atoms with Crippen molar-refractivity contribution >= 4 is 57.9 Å². The molecular formula is C19H19Cl2N7S2. The molecule has 1 unspecified atom stereocenters. The van der Waals surface area contributed by atoms with Crippen LogP contribution in [0.5, 0.6) is 0 Å². The maximum absolute atomic E-state index is 6.57. The number of anilines is 2. The van der Waals surface area contributed by atoms with E-state index in [1.54, 1.807) is 36.0 Å². The van der Waals surface area contributed by atoms with Crippen molar-refractivity contribution in [1.29, 1.82) is 0 Å². The predicted molar refractivity (Wildman–Crippen MR) is 121 cm³/mol. The Hall–Kier alpha value is -1.65. The van der Waals surface area contributed by atoms with Crippen LogP contribution in [0.2, 0.25) is 9.49 Å². The van der Waals surface area contributed by atoms with E-state index in [4.69, 9.17) is 34.7 Å². The Balaban J connectivity index is 1.27. The molecule has 5 rings (SSSR count). The minimum Gasteiger partial charge on any atom is -0.382 e. The molecule has 11 heteroatoms. The topological polar surface area (TPSA) is 107 Å². The number of piperidine rings is 1. The van der Waals surface area contributed by atoms with Crippen molar-refractivity contribution < 1.29 is 0 Å². The first kappa shape index (κ1) is 20.3. The number of thiazole rings is 1. The molecule has 0 radical (unpaired) electrons. The lowest BCUT2D eigenvalue weighted by atomic mass is 9.75. The summed E-state index contributed by atoms with van der Waals surface area (Å²) in [6, 6.07) is 1.81. The number of nitrogen functional groups attached to an aromatic ring is 1. The second-order valence-electron chi connectivity index (χ2n) is 7.73. The highest BCUT2D eigenvalue weighted by Gasteiger charge is 2.44. The summed E-state index contributed by atoms with van der Waals surface area (Å²) in [4.78, 5) is 21.8. The van der Waals surface area contributed by atoms with Gasteiger partial charge >= 0.3 is 0 Å². The molecule has 156 valence electrons. The van der Waals surface area contributed by atoms with E-state index in [0.717, 1.165) is 53.7 Å². The van der Waals surface area contributed by atoms with Gasteiger partial charge in [-0.3, -0.25) is 0 Å². The second kappa shape index (κ2) is 7.80. The third-order valence-electron chi connectivity index (χ3n) is 5.76. The molecule has 4 heterocycles. The Morgan fingerprint density at radius 1 is 1.20 bits per heavy atom. The number of fused-ring (bicyclic) bond motifs is 1. The smallest absolute Gasteiger partial charge is 0.184 e. The van der Waals surface area contributed by atoms with Crippen molar-refractivity contribution in [2.75, 3.05) is 17.2 Å². The van der Waals surface area contributed by atoms with E-state index in [-0.39, 0.29) is 11.6 Å². The van der Waals surface area contributed by atoms with Crippen LogP contribution in [0.4, 0.5) is 11.6 Å². The molecule has 30 heavy (non-hydrogen) atoms. The van der Waals surface area contributed by atoms with Gasteiger partial charge in [0.15, 0.2) is 4.47 Å². The fraction of sp³-hybridized carbons (Fsp3) is 0.368. The first-order valence-corrected chi connectivity index (χ1v) is 11.9. The van der Waals surface area contributed by atoms with Crippen LogP contribution in [0.3, 0.4) is 0 Å². The van der Waals surface area contributed by atoms with Crippen LogP contribution in [-0.4, -0.2) is 32.6 Å². The molecule has 1 aliphatic carbocycles. The van der Waals surface area contributed by atoms with Crippen molar-refractivity contribution in [3.63, 3.8) is 0 Å². The van der Waals surface area contributed by atoms with Crippen LogP contribution in [0.15, 0.2) is 34.6 Å². The molecule has 2 aliphatic rings. The fourth-order valence-corrected chi connectivity index (χ4v) is 6.66. The Labute approximate surface area is 192 Å². The van der Waals surface area contributed by atoms with Crippen LogP contribution in [-0.2, 0) is 12.8 Å². The zero-order valence-corrected chi connectivity index (χ0v) is 19.0. The second-order valence-corrected chi connectivity index (χ2v) is 10.8. The minimum atomic E-state index is -0.106. The normalized spacial score (nSPS) is 23.2. The zero-order chi connectivity index (χ0) is 20.9. The number of nitrogens with two attached hydrogens (primary N) is 2. The molecule has 7 nitrogen and oxygen atoms in total. The van der Waals surface area contributed by atoms with Crippen LogP contribution in [0, 0.1) is 5.41 Å². The minimum absolute atomic E-state index is 0.106. The molecule has 4 N–H and O–H groups in total. The Kier molecular flexibility index (Phi) is 5.27. The molecule has 1 fully saturated rings. The van der Waals surface area contributed by atoms with Gasteiger partial charge in [0.25, 0.3) is 0 Å². The predicted octanol–water partition coefficient (Wildman–Crippen LogP) is 4.04. The lowest BCUT2D eigenvalue weighted by Crippen LogP contribution is -2.52. The van der Waals surface area contributed by atoms with E-state index >= 15 is 0 Å². The number of hydrogen-bond donors (Lipinski definition) is 2. The molecule has 1 aliphatic heterocycles. The van der Waals surface area contributed by atoms with Crippen molar-refractivity contribution in [2.45, 2.75) is 41.8 Å². The van der Waals surface area contributed by atoms with Gasteiger partial charge in [-0.25, -0.2) is 19.9 Å². The summed E-state index contributed by atoms with van der Waals surface area (Å²) in [5.74, 6) is 1.09. The average Bonchev–Trinajstić information content (AvgIpc) is 3.20. The van der Waals surface area contributed by atoms with Gasteiger partial charge in [-0.1, -0.05) is 35.0 Å². The lowest BCUT2D eigenvalue weighted by Gasteiger charge is -2.43. The van der Waals surface area contributed by atoms with Gasteiger partial charge in [0.05, 0.1) is 29.3 Å². The SMILES string of the molecule is Nc1nccc(Sc2cnc(N3CCC4(Cc5nc(Cl)sc5C4)C[C@H]3N)cn2)c1Cl. The van der Waals surface area contributed by atoms with E-state index in [0.29, 0.717) is 15.3 Å². The number of rotatable bonds is 3. The molecule has 2 atom stereocenters. The van der Waals surface area contributed by atoms with Crippen molar-refractivity contribution in [2.24, 2.45) is 11.1 Å². The molecular weight excluding hydrogens is 461 g/mol. The molecule has 1 spiro atoms. The van der Waals surface area contributed by atoms with Crippen LogP contribution < -0.4 is 16.4 Å². The fourth-order valence-electron chi connectivity index (χ4n) is 4.31. The summed E-state index contributed by atoms with van der Waals surface area (Å²) < 4.78 is 0.639. The monoisotopic (exact) mass is 479 g/mol.